The molecule has 0 amide bonds. The van der Waals surface area contributed by atoms with Crippen LogP contribution in [-0.4, -0.2) is 97.7 Å². The Bertz CT molecular complexity index is 3340. The fraction of sp³-hybridized carbons (Fsp3) is 0.298. The highest BCUT2D eigenvalue weighted by molar-refractivity contribution is 7.99. The van der Waals surface area contributed by atoms with Gasteiger partial charge in [-0.15, -0.1) is 11.8 Å². The predicted molar refractivity (Wildman–Crippen MR) is 284 cm³/mol. The van der Waals surface area contributed by atoms with Crippen molar-refractivity contribution in [1.82, 2.24) is 28.7 Å². The molecule has 3 aromatic heterocycles. The SMILES string of the molecule is COc1ccc(C(OC[C@H]2O[C@@H](n3cnc4c(N)ncnc43)[C@H](F)[C@@H]2OCCSC2OC(n3cc(C)c(=O)n(COCc4ccccc4)c3=O)CC2OC(=O)c2ccccc2)(c2ccccc2)c2ccc(OC)cc2)cc1. The van der Waals surface area contributed by atoms with Crippen molar-refractivity contribution < 1.29 is 47.1 Å². The summed E-state index contributed by atoms with van der Waals surface area (Å²) in [5.41, 5.74) is 7.22. The predicted octanol–water partition coefficient (Wildman–Crippen LogP) is 7.77. The van der Waals surface area contributed by atoms with E-state index in [1.54, 1.807) is 51.5 Å². The lowest BCUT2D eigenvalue weighted by Gasteiger charge is -2.37. The molecule has 0 bridgehead atoms. The normalized spacial score (nSPS) is 20.3. The van der Waals surface area contributed by atoms with Crippen molar-refractivity contribution in [2.45, 2.75) is 74.7 Å². The van der Waals surface area contributed by atoms with Gasteiger partial charge in [0.25, 0.3) is 5.56 Å². The molecule has 0 radical (unpaired) electrons. The molecule has 8 aromatic rings. The number of halogens is 1. The van der Waals surface area contributed by atoms with Gasteiger partial charge >= 0.3 is 11.7 Å². The second kappa shape index (κ2) is 23.7. The van der Waals surface area contributed by atoms with E-state index in [1.165, 1.54) is 39.7 Å². The number of aromatic nitrogens is 6. The number of esters is 1. The first-order valence-electron chi connectivity index (χ1n) is 24.9. The average Bonchev–Trinajstić information content (AvgIpc) is 4.26. The number of carbonyl (C=O) groups excluding carboxylic acids is 1. The van der Waals surface area contributed by atoms with Crippen LogP contribution < -0.4 is 26.5 Å². The van der Waals surface area contributed by atoms with E-state index >= 15 is 4.39 Å². The average molecular weight is 1070 g/mol. The summed E-state index contributed by atoms with van der Waals surface area (Å²) < 4.78 is 71.2. The number of fused-ring (bicyclic) bond motifs is 1. The van der Waals surface area contributed by atoms with Crippen LogP contribution in [0.4, 0.5) is 10.2 Å². The number of aryl methyl sites for hydroxylation is 1. The molecule has 2 saturated heterocycles. The van der Waals surface area contributed by atoms with Crippen molar-refractivity contribution in [2.24, 2.45) is 0 Å². The zero-order valence-electron chi connectivity index (χ0n) is 42.3. The molecule has 2 fully saturated rings. The number of hydrogen-bond donors (Lipinski definition) is 1. The van der Waals surface area contributed by atoms with Gasteiger partial charge in [0.15, 0.2) is 23.9 Å². The highest BCUT2D eigenvalue weighted by Crippen LogP contribution is 2.44. The number of rotatable bonds is 21. The first-order valence-corrected chi connectivity index (χ1v) is 25.9. The van der Waals surface area contributed by atoms with E-state index in [0.29, 0.717) is 17.1 Å². The fourth-order valence-electron chi connectivity index (χ4n) is 9.66. The third-order valence-corrected chi connectivity index (χ3v) is 14.7. The van der Waals surface area contributed by atoms with Gasteiger partial charge in [-0.2, -0.15) is 0 Å². The number of hydrogen-bond acceptors (Lipinski definition) is 16. The third-order valence-electron chi connectivity index (χ3n) is 13.5. The Balaban J connectivity index is 0.921. The molecule has 5 heterocycles. The number of ether oxygens (including phenoxy) is 8. The van der Waals surface area contributed by atoms with Crippen molar-refractivity contribution in [1.29, 1.82) is 0 Å². The van der Waals surface area contributed by atoms with E-state index in [0.717, 1.165) is 26.8 Å². The molecule has 2 aliphatic rings. The van der Waals surface area contributed by atoms with Crippen molar-refractivity contribution >= 4 is 34.7 Å². The van der Waals surface area contributed by atoms with Crippen molar-refractivity contribution in [2.75, 3.05) is 38.9 Å². The molecule has 398 valence electrons. The lowest BCUT2D eigenvalue weighted by molar-refractivity contribution is -0.102. The van der Waals surface area contributed by atoms with Gasteiger partial charge in [-0.1, -0.05) is 103 Å². The molecular weight excluding hydrogens is 1010 g/mol. The minimum Gasteiger partial charge on any atom is -0.497 e. The van der Waals surface area contributed by atoms with Crippen LogP contribution in [0.5, 0.6) is 11.5 Å². The molecular formula is C57H56FN7O11S. The van der Waals surface area contributed by atoms with Crippen LogP contribution in [0.15, 0.2) is 168 Å². The minimum atomic E-state index is -1.79. The summed E-state index contributed by atoms with van der Waals surface area (Å²) in [6, 6.07) is 42.7. The number of benzene rings is 5. The number of imidazole rings is 1. The van der Waals surface area contributed by atoms with Crippen LogP contribution in [0.3, 0.4) is 0 Å². The highest BCUT2D eigenvalue weighted by atomic mass is 32.2. The summed E-state index contributed by atoms with van der Waals surface area (Å²) in [7, 11) is 3.19. The Morgan fingerprint density at radius 3 is 2.10 bits per heavy atom. The largest absolute Gasteiger partial charge is 0.497 e. The number of nitrogens with two attached hydrogens (primary N) is 1. The van der Waals surface area contributed by atoms with Crippen LogP contribution in [-0.2, 0) is 47.4 Å². The molecule has 3 unspecified atom stereocenters. The molecule has 7 atom stereocenters. The molecule has 0 spiro atoms. The molecule has 20 heteroatoms. The molecule has 0 saturated carbocycles. The smallest absolute Gasteiger partial charge is 0.338 e. The summed E-state index contributed by atoms with van der Waals surface area (Å²) in [4.78, 5) is 53.8. The minimum absolute atomic E-state index is 0.0323. The zero-order chi connectivity index (χ0) is 53.5. The highest BCUT2D eigenvalue weighted by Gasteiger charge is 2.50. The Morgan fingerprint density at radius 2 is 1.44 bits per heavy atom. The number of alkyl halides is 1. The fourth-order valence-corrected chi connectivity index (χ4v) is 10.7. The molecule has 2 aliphatic heterocycles. The van der Waals surface area contributed by atoms with Crippen LogP contribution in [0, 0.1) is 6.92 Å². The number of carbonyl (C=O) groups is 1. The number of methoxy groups -OCH3 is 2. The molecule has 77 heavy (non-hydrogen) atoms. The summed E-state index contributed by atoms with van der Waals surface area (Å²) >= 11 is 1.27. The van der Waals surface area contributed by atoms with Gasteiger partial charge in [0.2, 0.25) is 0 Å². The quantitative estimate of drug-likeness (QED) is 0.0415. The third kappa shape index (κ3) is 11.1. The second-order valence-corrected chi connectivity index (χ2v) is 19.5. The maximum Gasteiger partial charge on any atom is 0.338 e. The number of anilines is 1. The standard InChI is InChI=1S/C57H56FN7O11S/c1-36-30-63(56(68)65(52(36)66)35-71-31-37-13-7-4-8-14-37)46-29-44(75-54(67)38-15-9-5-10-16-38)55(76-46)77-28-27-72-49-45(74-53(47(49)58)64-34-62-48-50(59)60-33-61-51(48)64)32-73-57(39-17-11-6-12-18-39,40-19-23-42(69-2)24-20-40)41-21-25-43(70-3)26-22-41/h4-26,30,33-34,44-47,49,53,55H,27-29,31-32,35H2,1-3H3,(H2,59,60,61)/t44?,45-,46?,47-,49-,53-,55?/m1/s1. The molecule has 18 nitrogen and oxygen atoms in total. The van der Waals surface area contributed by atoms with Gasteiger partial charge < -0.3 is 43.6 Å². The Labute approximate surface area is 446 Å². The summed E-state index contributed by atoms with van der Waals surface area (Å²) in [5, 5.41) is 0. The number of thioether (sulfide) groups is 1. The Morgan fingerprint density at radius 1 is 0.805 bits per heavy atom. The Hall–Kier alpha value is -7.72. The van der Waals surface area contributed by atoms with E-state index in [9.17, 15) is 14.4 Å². The van der Waals surface area contributed by atoms with Crippen LogP contribution in [0.1, 0.15) is 57.1 Å². The van der Waals surface area contributed by atoms with Crippen LogP contribution in [0.25, 0.3) is 11.2 Å². The maximum atomic E-state index is 17.5. The zero-order valence-corrected chi connectivity index (χ0v) is 43.1. The van der Waals surface area contributed by atoms with Crippen LogP contribution >= 0.6 is 11.8 Å². The summed E-state index contributed by atoms with van der Waals surface area (Å²) in [5.74, 6) is 1.03. The topological polar surface area (TPSA) is 205 Å². The van der Waals surface area contributed by atoms with E-state index < -0.39 is 65.2 Å². The Kier molecular flexibility index (Phi) is 16.2. The summed E-state index contributed by atoms with van der Waals surface area (Å²) in [6.45, 7) is 1.27. The van der Waals surface area contributed by atoms with Gasteiger partial charge in [-0.25, -0.2) is 33.5 Å². The lowest BCUT2D eigenvalue weighted by Crippen LogP contribution is -2.42. The van der Waals surface area contributed by atoms with Crippen molar-refractivity contribution in [3.63, 3.8) is 0 Å². The van der Waals surface area contributed by atoms with Crippen molar-refractivity contribution in [3.05, 3.63) is 213 Å². The molecule has 0 aliphatic carbocycles. The number of nitrogens with zero attached hydrogens (tertiary/aromatic N) is 6. The first kappa shape index (κ1) is 52.7. The van der Waals surface area contributed by atoms with Gasteiger partial charge in [0.1, 0.15) is 65.7 Å². The van der Waals surface area contributed by atoms with Gasteiger partial charge in [-0.3, -0.25) is 13.9 Å². The first-order chi connectivity index (χ1) is 37.6. The second-order valence-electron chi connectivity index (χ2n) is 18.3. The van der Waals surface area contributed by atoms with Gasteiger partial charge in [-0.05, 0) is 65.6 Å². The van der Waals surface area contributed by atoms with E-state index in [4.69, 9.17) is 43.6 Å². The number of nitrogen functional groups attached to an aromatic ring is 1. The van der Waals surface area contributed by atoms with E-state index in [-0.39, 0.29) is 61.3 Å². The lowest BCUT2D eigenvalue weighted by atomic mass is 9.80. The summed E-state index contributed by atoms with van der Waals surface area (Å²) in [6.07, 6.45) is -2.91. The van der Waals surface area contributed by atoms with Gasteiger partial charge in [0, 0.05) is 23.9 Å². The maximum absolute atomic E-state index is 17.5. The van der Waals surface area contributed by atoms with Crippen molar-refractivity contribution in [3.8, 4) is 11.5 Å². The molecule has 10 rings (SSSR count). The van der Waals surface area contributed by atoms with E-state index in [1.807, 2.05) is 109 Å². The monoisotopic (exact) mass is 1070 g/mol. The molecule has 2 N–H and O–H groups in total. The van der Waals surface area contributed by atoms with Crippen LogP contribution in [0.2, 0.25) is 0 Å². The molecule has 5 aromatic carbocycles. The van der Waals surface area contributed by atoms with E-state index in [2.05, 4.69) is 15.0 Å². The van der Waals surface area contributed by atoms with Gasteiger partial charge in [0.05, 0.1) is 45.9 Å².